The van der Waals surface area contributed by atoms with Crippen LogP contribution in [0.3, 0.4) is 0 Å². The minimum absolute atomic E-state index is 0.579. The fraction of sp³-hybridized carbons (Fsp3) is 0. The third kappa shape index (κ3) is 7.03. The van der Waals surface area contributed by atoms with Gasteiger partial charge in [-0.15, -0.1) is 0 Å². The Morgan fingerprint density at radius 1 is 0.274 bits per heavy atom. The fourth-order valence-corrected chi connectivity index (χ4v) is 10.4. The molecular weight excluding hydrogens is 897 g/mol. The van der Waals surface area contributed by atoms with Crippen LogP contribution in [0.1, 0.15) is 0 Å². The summed E-state index contributed by atoms with van der Waals surface area (Å²) in [5, 5.41) is 8.87. The van der Waals surface area contributed by atoms with E-state index in [0.717, 1.165) is 99.1 Å². The molecule has 0 aliphatic carbocycles. The topological polar surface area (TPSA) is 95.7 Å². The highest BCUT2D eigenvalue weighted by Crippen LogP contribution is 2.38. The van der Waals surface area contributed by atoms with Crippen LogP contribution in [-0.2, 0) is 0 Å². The fourth-order valence-electron chi connectivity index (χ4n) is 10.4. The second-order valence-electron chi connectivity index (χ2n) is 18.5. The normalized spacial score (nSPS) is 11.8. The van der Waals surface area contributed by atoms with Crippen molar-refractivity contribution in [2.45, 2.75) is 0 Å². The third-order valence-corrected chi connectivity index (χ3v) is 14.0. The van der Waals surface area contributed by atoms with Gasteiger partial charge in [0.05, 0.1) is 11.0 Å². The summed E-state index contributed by atoms with van der Waals surface area (Å²) in [6.07, 6.45) is 0. The standard InChI is InChI=1S/C65H38N6O2/c1-2-10-52(11-3-1)71-57-15-7-4-12-53(57)54-38-46(30-31-58(54)71)40-18-19-41-33-47(25-20-39(41)32-40)61-68-62(48-26-21-44-36-50(28-23-42(44)34-48)64-66-55-13-5-8-16-59(55)72-64)70-63(69-61)49-27-22-45-37-51(29-24-43(45)35-49)65-67-56-14-6-9-17-60(56)73-65/h1-38H. The molecule has 15 rings (SSSR count). The van der Waals surface area contributed by atoms with E-state index < -0.39 is 0 Å². The first-order chi connectivity index (χ1) is 36.1. The Balaban J connectivity index is 0.812. The van der Waals surface area contributed by atoms with Crippen LogP contribution in [0.15, 0.2) is 239 Å². The van der Waals surface area contributed by atoms with Gasteiger partial charge in [0.25, 0.3) is 0 Å². The number of hydrogen-bond donors (Lipinski definition) is 0. The minimum Gasteiger partial charge on any atom is -0.436 e. The van der Waals surface area contributed by atoms with Gasteiger partial charge in [-0.2, -0.15) is 0 Å². The van der Waals surface area contributed by atoms with Crippen molar-refractivity contribution in [1.29, 1.82) is 0 Å². The highest BCUT2D eigenvalue weighted by Gasteiger charge is 2.18. The quantitative estimate of drug-likeness (QED) is 0.157. The first-order valence-corrected chi connectivity index (χ1v) is 24.3. The van der Waals surface area contributed by atoms with Crippen molar-refractivity contribution in [3.8, 4) is 73.9 Å². The summed E-state index contributed by atoms with van der Waals surface area (Å²) in [4.78, 5) is 25.1. The van der Waals surface area contributed by atoms with E-state index in [0.29, 0.717) is 29.3 Å². The maximum absolute atomic E-state index is 6.12. The van der Waals surface area contributed by atoms with Crippen LogP contribution in [0.25, 0.3) is 150 Å². The predicted molar refractivity (Wildman–Crippen MR) is 294 cm³/mol. The van der Waals surface area contributed by atoms with Crippen LogP contribution >= 0.6 is 0 Å². The van der Waals surface area contributed by atoms with Crippen LogP contribution in [0.2, 0.25) is 0 Å². The molecule has 11 aromatic carbocycles. The highest BCUT2D eigenvalue weighted by atomic mass is 16.4. The Labute approximate surface area is 417 Å². The Kier molecular flexibility index (Phi) is 9.09. The Bertz CT molecular complexity index is 4460. The summed E-state index contributed by atoms with van der Waals surface area (Å²) >= 11 is 0. The van der Waals surface area contributed by atoms with Crippen molar-refractivity contribution in [1.82, 2.24) is 29.5 Å². The molecule has 0 aliphatic heterocycles. The van der Waals surface area contributed by atoms with Gasteiger partial charge in [-0.3, -0.25) is 0 Å². The Morgan fingerprint density at radius 3 is 1.18 bits per heavy atom. The number of nitrogens with zero attached hydrogens (tertiary/aromatic N) is 6. The van der Waals surface area contributed by atoms with Crippen molar-refractivity contribution in [2.75, 3.05) is 0 Å². The number of hydrogen-bond acceptors (Lipinski definition) is 7. The number of oxazole rings is 2. The Morgan fingerprint density at radius 2 is 0.658 bits per heavy atom. The Hall–Kier alpha value is -10.1. The smallest absolute Gasteiger partial charge is 0.227 e. The summed E-state index contributed by atoms with van der Waals surface area (Å²) in [6.45, 7) is 0. The zero-order valence-corrected chi connectivity index (χ0v) is 38.9. The zero-order chi connectivity index (χ0) is 48.0. The lowest BCUT2D eigenvalue weighted by Crippen LogP contribution is -2.00. The molecule has 0 fully saturated rings. The molecule has 340 valence electrons. The molecule has 0 unspecified atom stereocenters. The lowest BCUT2D eigenvalue weighted by molar-refractivity contribution is 0.619. The minimum atomic E-state index is 0.579. The average molecular weight is 935 g/mol. The van der Waals surface area contributed by atoms with Crippen LogP contribution in [-0.4, -0.2) is 29.5 Å². The molecule has 8 heteroatoms. The number of fused-ring (bicyclic) bond motifs is 8. The summed E-state index contributed by atoms with van der Waals surface area (Å²) < 4.78 is 14.6. The molecule has 8 nitrogen and oxygen atoms in total. The third-order valence-electron chi connectivity index (χ3n) is 14.0. The van der Waals surface area contributed by atoms with Crippen LogP contribution in [0.4, 0.5) is 0 Å². The van der Waals surface area contributed by atoms with Gasteiger partial charge in [-0.05, 0) is 147 Å². The van der Waals surface area contributed by atoms with E-state index in [1.54, 1.807) is 0 Å². The number of benzene rings is 11. The monoisotopic (exact) mass is 934 g/mol. The van der Waals surface area contributed by atoms with Gasteiger partial charge in [0.2, 0.25) is 11.8 Å². The van der Waals surface area contributed by atoms with E-state index in [1.165, 1.54) is 21.8 Å². The first kappa shape index (κ1) is 40.8. The number of rotatable bonds is 7. The van der Waals surface area contributed by atoms with E-state index in [-0.39, 0.29) is 0 Å². The van der Waals surface area contributed by atoms with Gasteiger partial charge in [0, 0.05) is 44.3 Å². The molecular formula is C65H38N6O2. The van der Waals surface area contributed by atoms with Crippen molar-refractivity contribution in [3.05, 3.63) is 231 Å². The van der Waals surface area contributed by atoms with Crippen molar-refractivity contribution < 1.29 is 8.83 Å². The largest absolute Gasteiger partial charge is 0.436 e. The molecule has 4 heterocycles. The summed E-state index contributed by atoms with van der Waals surface area (Å²) in [5.74, 6) is 2.93. The van der Waals surface area contributed by atoms with Gasteiger partial charge < -0.3 is 13.4 Å². The summed E-state index contributed by atoms with van der Waals surface area (Å²) in [7, 11) is 0. The second-order valence-corrected chi connectivity index (χ2v) is 18.5. The van der Waals surface area contributed by atoms with Gasteiger partial charge in [-0.25, -0.2) is 24.9 Å². The van der Waals surface area contributed by atoms with Crippen LogP contribution in [0.5, 0.6) is 0 Å². The van der Waals surface area contributed by atoms with E-state index in [9.17, 15) is 0 Å². The molecule has 0 saturated carbocycles. The lowest BCUT2D eigenvalue weighted by atomic mass is 9.98. The molecule has 0 aliphatic rings. The summed E-state index contributed by atoms with van der Waals surface area (Å²) in [5.41, 5.74) is 13.5. The highest BCUT2D eigenvalue weighted by molar-refractivity contribution is 6.10. The molecule has 0 bridgehead atoms. The SMILES string of the molecule is c1ccc(-n2c3ccccc3c3cc(-c4ccc5cc(-c6nc(-c7ccc8cc(-c9nc%10ccccc%10o9)ccc8c7)nc(-c7ccc8cc(-c9nc%10ccccc%10o9)ccc8c7)n6)ccc5c4)ccc32)cc1. The maximum Gasteiger partial charge on any atom is 0.227 e. The van der Waals surface area contributed by atoms with Gasteiger partial charge >= 0.3 is 0 Å². The molecule has 73 heavy (non-hydrogen) atoms. The van der Waals surface area contributed by atoms with Crippen molar-refractivity contribution >= 4 is 76.3 Å². The van der Waals surface area contributed by atoms with Crippen LogP contribution < -0.4 is 0 Å². The van der Waals surface area contributed by atoms with Gasteiger partial charge in [-0.1, -0.05) is 127 Å². The molecule has 0 N–H and O–H groups in total. The number of para-hydroxylation sites is 6. The maximum atomic E-state index is 6.12. The van der Waals surface area contributed by atoms with E-state index in [1.807, 2.05) is 48.5 Å². The van der Waals surface area contributed by atoms with Gasteiger partial charge in [0.1, 0.15) is 11.0 Å². The first-order valence-electron chi connectivity index (χ1n) is 24.3. The van der Waals surface area contributed by atoms with Gasteiger partial charge in [0.15, 0.2) is 28.6 Å². The number of aromatic nitrogens is 6. The van der Waals surface area contributed by atoms with E-state index >= 15 is 0 Å². The molecule has 0 atom stereocenters. The summed E-state index contributed by atoms with van der Waals surface area (Å²) in [6, 6.07) is 80.0. The average Bonchev–Trinajstić information content (AvgIpc) is 4.19. The van der Waals surface area contributed by atoms with E-state index in [4.69, 9.17) is 33.8 Å². The van der Waals surface area contributed by atoms with Crippen molar-refractivity contribution in [3.63, 3.8) is 0 Å². The molecule has 0 radical (unpaired) electrons. The molecule has 0 amide bonds. The zero-order valence-electron chi connectivity index (χ0n) is 38.9. The predicted octanol–water partition coefficient (Wildman–Crippen LogP) is 16.7. The molecule has 0 spiro atoms. The molecule has 4 aromatic heterocycles. The van der Waals surface area contributed by atoms with E-state index in [2.05, 4.69) is 187 Å². The van der Waals surface area contributed by atoms with Crippen LogP contribution in [0, 0.1) is 0 Å². The second kappa shape index (κ2) is 16.3. The lowest BCUT2D eigenvalue weighted by Gasteiger charge is -2.11. The molecule has 0 saturated heterocycles. The molecule has 15 aromatic rings. The van der Waals surface area contributed by atoms with Crippen molar-refractivity contribution in [2.24, 2.45) is 0 Å².